The van der Waals surface area contributed by atoms with E-state index in [0.717, 1.165) is 5.01 Å². The molecule has 1 heterocycles. The van der Waals surface area contributed by atoms with Gasteiger partial charge in [0.1, 0.15) is 12.3 Å². The Bertz CT molecular complexity index is 731. The molecule has 0 unspecified atom stereocenters. The largest absolute Gasteiger partial charge is 0.535 e. The summed E-state index contributed by atoms with van der Waals surface area (Å²) in [5.74, 6) is -1.22. The highest BCUT2D eigenvalue weighted by Crippen LogP contribution is 2.10. The maximum atomic E-state index is 11.2. The van der Waals surface area contributed by atoms with E-state index in [1.807, 2.05) is 0 Å². The van der Waals surface area contributed by atoms with Crippen molar-refractivity contribution in [2.45, 2.75) is 13.5 Å². The number of carboxylic acids is 1. The van der Waals surface area contributed by atoms with Crippen LogP contribution in [0.1, 0.15) is 16.3 Å². The zero-order chi connectivity index (χ0) is 16.7. The van der Waals surface area contributed by atoms with Gasteiger partial charge in [0.25, 0.3) is 6.47 Å². The van der Waals surface area contributed by atoms with E-state index in [1.54, 1.807) is 36.6 Å². The first-order chi connectivity index (χ1) is 11.1. The zero-order valence-corrected chi connectivity index (χ0v) is 12.9. The van der Waals surface area contributed by atoms with Gasteiger partial charge in [-0.1, -0.05) is 29.4 Å². The number of carboxylic acid groups (broad SMARTS) is 1. The number of carbonyl (C=O) groups is 2. The standard InChI is InChI=1S/C14H12BN2O5S/c1-9-16-12(7-23-9)13(14(19)20)17-22-6-10-4-2-3-5-11(10)15-21-8-18/h2-5,7-8H,6H2,1H3,(H,19,20)/b17-13+. The van der Waals surface area contributed by atoms with Gasteiger partial charge in [0, 0.05) is 5.38 Å². The Balaban J connectivity index is 2.10. The maximum absolute atomic E-state index is 11.2. The number of nitrogens with zero attached hydrogens (tertiary/aromatic N) is 2. The summed E-state index contributed by atoms with van der Waals surface area (Å²) in [5.41, 5.74) is 1.32. The molecule has 117 valence electrons. The molecule has 0 saturated carbocycles. The summed E-state index contributed by atoms with van der Waals surface area (Å²) in [6.07, 6.45) is 0. The van der Waals surface area contributed by atoms with Crippen LogP contribution in [0.4, 0.5) is 0 Å². The average molecular weight is 331 g/mol. The Hall–Kier alpha value is -2.68. The first kappa shape index (κ1) is 16.7. The van der Waals surface area contributed by atoms with Crippen molar-refractivity contribution in [1.29, 1.82) is 0 Å². The van der Waals surface area contributed by atoms with E-state index in [9.17, 15) is 14.7 Å². The van der Waals surface area contributed by atoms with Crippen molar-refractivity contribution in [3.8, 4) is 0 Å². The first-order valence-electron chi connectivity index (χ1n) is 6.47. The Morgan fingerprint density at radius 3 is 2.91 bits per heavy atom. The van der Waals surface area contributed by atoms with Crippen molar-refractivity contribution in [1.82, 2.24) is 4.98 Å². The van der Waals surface area contributed by atoms with Gasteiger partial charge in [0.2, 0.25) is 5.71 Å². The molecule has 0 aliphatic heterocycles. The van der Waals surface area contributed by atoms with E-state index in [1.165, 1.54) is 18.8 Å². The van der Waals surface area contributed by atoms with E-state index >= 15 is 0 Å². The highest BCUT2D eigenvalue weighted by atomic mass is 32.1. The lowest BCUT2D eigenvalue weighted by Crippen LogP contribution is -2.22. The third kappa shape index (κ3) is 4.65. The lowest BCUT2D eigenvalue weighted by molar-refractivity contribution is -0.129. The van der Waals surface area contributed by atoms with Gasteiger partial charge >= 0.3 is 13.5 Å². The van der Waals surface area contributed by atoms with Crippen molar-refractivity contribution in [3.05, 3.63) is 45.9 Å². The van der Waals surface area contributed by atoms with Crippen molar-refractivity contribution < 1.29 is 24.2 Å². The minimum absolute atomic E-state index is 0.0226. The van der Waals surface area contributed by atoms with Gasteiger partial charge in [0.05, 0.1) is 5.01 Å². The van der Waals surface area contributed by atoms with Crippen LogP contribution in [0, 0.1) is 6.92 Å². The molecule has 2 aromatic rings. The highest BCUT2D eigenvalue weighted by molar-refractivity contribution is 7.09. The average Bonchev–Trinajstić information content (AvgIpc) is 2.96. The third-order valence-electron chi connectivity index (χ3n) is 2.75. The summed E-state index contributed by atoms with van der Waals surface area (Å²) in [7, 11) is 1.28. The van der Waals surface area contributed by atoms with E-state index in [4.69, 9.17) is 4.84 Å². The Kier molecular flexibility index (Phi) is 5.87. The molecule has 1 aromatic carbocycles. The lowest BCUT2D eigenvalue weighted by Gasteiger charge is -2.06. The number of thiazole rings is 1. The Labute approximate surface area is 136 Å². The van der Waals surface area contributed by atoms with Crippen molar-refractivity contribution >= 4 is 42.4 Å². The van der Waals surface area contributed by atoms with Gasteiger partial charge in [-0.15, -0.1) is 11.3 Å². The molecule has 0 bridgehead atoms. The van der Waals surface area contributed by atoms with Crippen LogP contribution in [0.25, 0.3) is 0 Å². The predicted molar refractivity (Wildman–Crippen MR) is 84.8 cm³/mol. The smallest absolute Gasteiger partial charge is 0.412 e. The monoisotopic (exact) mass is 331 g/mol. The fourth-order valence-corrected chi connectivity index (χ4v) is 2.31. The minimum atomic E-state index is -1.22. The van der Waals surface area contributed by atoms with Gasteiger partial charge in [-0.05, 0) is 17.9 Å². The fraction of sp³-hybridized carbons (Fsp3) is 0.143. The van der Waals surface area contributed by atoms with E-state index in [2.05, 4.69) is 14.8 Å². The van der Waals surface area contributed by atoms with Gasteiger partial charge in [-0.2, -0.15) is 0 Å². The molecule has 2 rings (SSSR count). The van der Waals surface area contributed by atoms with Crippen molar-refractivity contribution in [2.24, 2.45) is 5.16 Å². The summed E-state index contributed by atoms with van der Waals surface area (Å²) in [5, 5.41) is 15.2. The quantitative estimate of drug-likeness (QED) is 0.334. The van der Waals surface area contributed by atoms with Crippen LogP contribution in [0.15, 0.2) is 34.8 Å². The number of oxime groups is 1. The summed E-state index contributed by atoms with van der Waals surface area (Å²) < 4.78 is 4.60. The molecule has 7 nitrogen and oxygen atoms in total. The Morgan fingerprint density at radius 2 is 2.26 bits per heavy atom. The summed E-state index contributed by atoms with van der Waals surface area (Å²) in [6, 6.07) is 7.03. The van der Waals surface area contributed by atoms with Crippen LogP contribution in [0.3, 0.4) is 0 Å². The van der Waals surface area contributed by atoms with E-state index in [0.29, 0.717) is 17.5 Å². The van der Waals surface area contributed by atoms with Gasteiger partial charge in [-0.3, -0.25) is 4.79 Å². The van der Waals surface area contributed by atoms with Gasteiger partial charge < -0.3 is 14.6 Å². The molecule has 0 amide bonds. The lowest BCUT2D eigenvalue weighted by atomic mass is 9.84. The second kappa shape index (κ2) is 8.09. The molecular weight excluding hydrogens is 319 g/mol. The third-order valence-corrected chi connectivity index (χ3v) is 3.52. The number of hydrogen-bond acceptors (Lipinski definition) is 7. The number of aromatic nitrogens is 1. The second-order valence-corrected chi connectivity index (χ2v) is 5.38. The second-order valence-electron chi connectivity index (χ2n) is 4.32. The molecule has 0 atom stereocenters. The molecule has 0 fully saturated rings. The highest BCUT2D eigenvalue weighted by Gasteiger charge is 2.17. The number of hydrogen-bond donors (Lipinski definition) is 1. The number of aryl methyl sites for hydroxylation is 1. The number of rotatable bonds is 8. The molecule has 0 aliphatic rings. The van der Waals surface area contributed by atoms with Crippen LogP contribution in [-0.4, -0.2) is 35.7 Å². The van der Waals surface area contributed by atoms with Gasteiger partial charge in [-0.25, -0.2) is 9.78 Å². The molecule has 0 aliphatic carbocycles. The summed E-state index contributed by atoms with van der Waals surface area (Å²) in [6.45, 7) is 2.10. The van der Waals surface area contributed by atoms with Gasteiger partial charge in [0.15, 0.2) is 0 Å². The minimum Gasteiger partial charge on any atom is -0.535 e. The van der Waals surface area contributed by atoms with Crippen LogP contribution in [0.2, 0.25) is 0 Å². The van der Waals surface area contributed by atoms with Crippen LogP contribution >= 0.6 is 11.3 Å². The molecule has 1 radical (unpaired) electrons. The van der Waals surface area contributed by atoms with E-state index in [-0.39, 0.29) is 18.0 Å². The number of aliphatic carboxylic acids is 1. The fourth-order valence-electron chi connectivity index (χ4n) is 1.72. The van der Waals surface area contributed by atoms with E-state index < -0.39 is 5.97 Å². The summed E-state index contributed by atoms with van der Waals surface area (Å²) in [4.78, 5) is 30.7. The van der Waals surface area contributed by atoms with Crippen LogP contribution in [0.5, 0.6) is 0 Å². The normalized spacial score (nSPS) is 10.9. The maximum Gasteiger partial charge on any atom is 0.412 e. The van der Waals surface area contributed by atoms with Crippen molar-refractivity contribution in [3.63, 3.8) is 0 Å². The number of carbonyl (C=O) groups excluding carboxylic acids is 1. The molecule has 1 aromatic heterocycles. The molecule has 0 spiro atoms. The summed E-state index contributed by atoms with van der Waals surface area (Å²) >= 11 is 1.33. The molecule has 1 N–H and O–H groups in total. The molecule has 9 heteroatoms. The zero-order valence-electron chi connectivity index (χ0n) is 12.1. The predicted octanol–water partition coefficient (Wildman–Crippen LogP) is 0.875. The number of benzene rings is 1. The SMILES string of the molecule is Cc1nc(/C(=N\OCc2ccccc2[B]OC=O)C(=O)O)cs1. The molecule has 0 saturated heterocycles. The molecule has 23 heavy (non-hydrogen) atoms. The van der Waals surface area contributed by atoms with Crippen LogP contribution < -0.4 is 5.46 Å². The molecular formula is C14H12BN2O5S. The Morgan fingerprint density at radius 1 is 1.48 bits per heavy atom. The topological polar surface area (TPSA) is 98.1 Å². The van der Waals surface area contributed by atoms with Crippen LogP contribution in [-0.2, 0) is 25.7 Å². The van der Waals surface area contributed by atoms with Crippen molar-refractivity contribution in [2.75, 3.05) is 0 Å². The first-order valence-corrected chi connectivity index (χ1v) is 7.35.